The molecule has 20 heavy (non-hydrogen) atoms. The van der Waals surface area contributed by atoms with E-state index in [9.17, 15) is 13.2 Å². The molecule has 1 heterocycles. The third kappa shape index (κ3) is 4.90. The van der Waals surface area contributed by atoms with Crippen molar-refractivity contribution < 1.29 is 13.2 Å². The Morgan fingerprint density at radius 3 is 2.25 bits per heavy atom. The van der Waals surface area contributed by atoms with Crippen LogP contribution >= 0.6 is 0 Å². The van der Waals surface area contributed by atoms with Crippen molar-refractivity contribution in [1.29, 1.82) is 0 Å². The van der Waals surface area contributed by atoms with Crippen molar-refractivity contribution in [2.75, 3.05) is 39.3 Å². The Balaban J connectivity index is 1.74. The summed E-state index contributed by atoms with van der Waals surface area (Å²) in [6.07, 6.45) is -0.635. The first-order valence-electron chi connectivity index (χ1n) is 7.60. The zero-order valence-electron chi connectivity index (χ0n) is 12.2. The highest BCUT2D eigenvalue weighted by Gasteiger charge is 2.33. The SMILES string of the molecule is CC1CCC(N)C(CN2CCN(CC(F)(F)F)CC2)C1. The zero-order chi connectivity index (χ0) is 14.8. The van der Waals surface area contributed by atoms with Gasteiger partial charge in [0, 0.05) is 38.8 Å². The summed E-state index contributed by atoms with van der Waals surface area (Å²) in [5.41, 5.74) is 6.18. The Bertz CT molecular complexity index is 301. The molecule has 1 saturated heterocycles. The molecule has 1 saturated carbocycles. The second-order valence-electron chi connectivity index (χ2n) is 6.53. The number of piperazine rings is 1. The van der Waals surface area contributed by atoms with Gasteiger partial charge in [0.25, 0.3) is 0 Å². The molecule has 2 aliphatic rings. The van der Waals surface area contributed by atoms with Crippen molar-refractivity contribution in [2.24, 2.45) is 17.6 Å². The third-order valence-electron chi connectivity index (χ3n) is 4.66. The second-order valence-corrected chi connectivity index (χ2v) is 6.53. The van der Waals surface area contributed by atoms with E-state index in [-0.39, 0.29) is 6.04 Å². The van der Waals surface area contributed by atoms with Crippen LogP contribution in [0.5, 0.6) is 0 Å². The van der Waals surface area contributed by atoms with E-state index in [0.717, 1.165) is 38.4 Å². The summed E-state index contributed by atoms with van der Waals surface area (Å²) in [6, 6.07) is 0.263. The lowest BCUT2D eigenvalue weighted by atomic mass is 9.79. The first-order valence-corrected chi connectivity index (χ1v) is 7.60. The van der Waals surface area contributed by atoms with E-state index in [4.69, 9.17) is 5.73 Å². The fourth-order valence-corrected chi connectivity index (χ4v) is 3.45. The predicted octanol–water partition coefficient (Wildman–Crippen LogP) is 1.93. The van der Waals surface area contributed by atoms with Crippen LogP contribution in [0.3, 0.4) is 0 Å². The standard InChI is InChI=1S/C14H26F3N3/c1-11-2-3-13(18)12(8-11)9-19-4-6-20(7-5-19)10-14(15,16)17/h11-13H,2-10,18H2,1H3. The molecule has 0 aromatic carbocycles. The quantitative estimate of drug-likeness (QED) is 0.863. The Labute approximate surface area is 119 Å². The van der Waals surface area contributed by atoms with Gasteiger partial charge in [0.05, 0.1) is 6.54 Å². The van der Waals surface area contributed by atoms with Crippen molar-refractivity contribution in [3.63, 3.8) is 0 Å². The van der Waals surface area contributed by atoms with Gasteiger partial charge in [-0.2, -0.15) is 13.2 Å². The van der Waals surface area contributed by atoms with E-state index in [2.05, 4.69) is 11.8 Å². The number of hydrogen-bond donors (Lipinski definition) is 1. The highest BCUT2D eigenvalue weighted by molar-refractivity contribution is 4.85. The van der Waals surface area contributed by atoms with E-state index in [1.807, 2.05) is 0 Å². The molecule has 6 heteroatoms. The summed E-state index contributed by atoms with van der Waals surface area (Å²) in [5, 5.41) is 0. The average molecular weight is 293 g/mol. The highest BCUT2D eigenvalue weighted by atomic mass is 19.4. The molecule has 0 aromatic rings. The van der Waals surface area contributed by atoms with Crippen molar-refractivity contribution >= 4 is 0 Å². The predicted molar refractivity (Wildman–Crippen MR) is 73.4 cm³/mol. The molecule has 2 fully saturated rings. The number of nitrogens with two attached hydrogens (primary N) is 1. The minimum Gasteiger partial charge on any atom is -0.327 e. The number of halogens is 3. The molecular formula is C14H26F3N3. The van der Waals surface area contributed by atoms with Crippen molar-refractivity contribution in [2.45, 2.75) is 38.4 Å². The molecule has 2 N–H and O–H groups in total. The lowest BCUT2D eigenvalue weighted by molar-refractivity contribution is -0.149. The number of nitrogens with zero attached hydrogens (tertiary/aromatic N) is 2. The molecule has 0 amide bonds. The van der Waals surface area contributed by atoms with Gasteiger partial charge in [0.1, 0.15) is 0 Å². The van der Waals surface area contributed by atoms with Gasteiger partial charge >= 0.3 is 6.18 Å². The van der Waals surface area contributed by atoms with Crippen LogP contribution in [0.15, 0.2) is 0 Å². The molecule has 0 spiro atoms. The fourth-order valence-electron chi connectivity index (χ4n) is 3.45. The Morgan fingerprint density at radius 1 is 1.05 bits per heavy atom. The maximum atomic E-state index is 12.3. The zero-order valence-corrected chi connectivity index (χ0v) is 12.2. The summed E-state index contributed by atoms with van der Waals surface area (Å²) >= 11 is 0. The third-order valence-corrected chi connectivity index (χ3v) is 4.66. The van der Waals surface area contributed by atoms with Gasteiger partial charge in [0.2, 0.25) is 0 Å². The number of rotatable bonds is 3. The van der Waals surface area contributed by atoms with Gasteiger partial charge < -0.3 is 10.6 Å². The molecule has 118 valence electrons. The topological polar surface area (TPSA) is 32.5 Å². The summed E-state index contributed by atoms with van der Waals surface area (Å²) in [6.45, 7) is 4.92. The molecule has 3 nitrogen and oxygen atoms in total. The van der Waals surface area contributed by atoms with Crippen molar-refractivity contribution in [1.82, 2.24) is 9.80 Å². The smallest absolute Gasteiger partial charge is 0.327 e. The van der Waals surface area contributed by atoms with Gasteiger partial charge in [0.15, 0.2) is 0 Å². The van der Waals surface area contributed by atoms with Gasteiger partial charge in [-0.3, -0.25) is 4.90 Å². The first-order chi connectivity index (χ1) is 9.33. The number of hydrogen-bond acceptors (Lipinski definition) is 3. The van der Waals surface area contributed by atoms with E-state index < -0.39 is 12.7 Å². The second kappa shape index (κ2) is 6.62. The van der Waals surface area contributed by atoms with E-state index >= 15 is 0 Å². The molecule has 0 aromatic heterocycles. The maximum Gasteiger partial charge on any atom is 0.401 e. The minimum absolute atomic E-state index is 0.263. The van der Waals surface area contributed by atoms with E-state index in [0.29, 0.717) is 19.0 Å². The molecule has 1 aliphatic carbocycles. The lowest BCUT2D eigenvalue weighted by Gasteiger charge is -2.40. The van der Waals surface area contributed by atoms with E-state index in [1.54, 1.807) is 0 Å². The van der Waals surface area contributed by atoms with Gasteiger partial charge in [-0.1, -0.05) is 6.92 Å². The van der Waals surface area contributed by atoms with Crippen LogP contribution in [-0.2, 0) is 0 Å². The van der Waals surface area contributed by atoms with Crippen molar-refractivity contribution in [3.8, 4) is 0 Å². The van der Waals surface area contributed by atoms with Crippen LogP contribution in [0.4, 0.5) is 13.2 Å². The highest BCUT2D eigenvalue weighted by Crippen LogP contribution is 2.29. The summed E-state index contributed by atoms with van der Waals surface area (Å²) in [7, 11) is 0. The van der Waals surface area contributed by atoms with Gasteiger partial charge in [-0.25, -0.2) is 0 Å². The molecule has 1 aliphatic heterocycles. The van der Waals surface area contributed by atoms with Crippen LogP contribution in [0, 0.1) is 11.8 Å². The Hall–Kier alpha value is -0.330. The minimum atomic E-state index is -4.08. The summed E-state index contributed by atoms with van der Waals surface area (Å²) in [5.74, 6) is 1.24. The van der Waals surface area contributed by atoms with Crippen LogP contribution in [0.1, 0.15) is 26.2 Å². The van der Waals surface area contributed by atoms with E-state index in [1.165, 1.54) is 11.3 Å². The van der Waals surface area contributed by atoms with Crippen molar-refractivity contribution in [3.05, 3.63) is 0 Å². The number of alkyl halides is 3. The average Bonchev–Trinajstić information content (AvgIpc) is 2.34. The summed E-state index contributed by atoms with van der Waals surface area (Å²) in [4.78, 5) is 3.79. The van der Waals surface area contributed by atoms with Crippen LogP contribution in [-0.4, -0.2) is 61.3 Å². The maximum absolute atomic E-state index is 12.3. The van der Waals surface area contributed by atoms with Gasteiger partial charge in [-0.15, -0.1) is 0 Å². The first kappa shape index (κ1) is 16.0. The molecule has 3 atom stereocenters. The largest absolute Gasteiger partial charge is 0.401 e. The van der Waals surface area contributed by atoms with Crippen LogP contribution in [0.2, 0.25) is 0 Å². The normalized spacial score (nSPS) is 34.4. The molecule has 0 radical (unpaired) electrons. The molecular weight excluding hydrogens is 267 g/mol. The molecule has 0 bridgehead atoms. The van der Waals surface area contributed by atoms with Crippen LogP contribution < -0.4 is 5.73 Å². The van der Waals surface area contributed by atoms with Crippen LogP contribution in [0.25, 0.3) is 0 Å². The monoisotopic (exact) mass is 293 g/mol. The lowest BCUT2D eigenvalue weighted by Crippen LogP contribution is -2.52. The fraction of sp³-hybridized carbons (Fsp3) is 1.00. The Kier molecular flexibility index (Phi) is 5.31. The van der Waals surface area contributed by atoms with Gasteiger partial charge in [-0.05, 0) is 31.1 Å². The summed E-state index contributed by atoms with van der Waals surface area (Å²) < 4.78 is 37.0. The molecule has 3 unspecified atom stereocenters. The Morgan fingerprint density at radius 2 is 1.65 bits per heavy atom. The molecule has 2 rings (SSSR count).